The number of nitro groups is 1. The van der Waals surface area contributed by atoms with Gasteiger partial charge in [0.2, 0.25) is 0 Å². The summed E-state index contributed by atoms with van der Waals surface area (Å²) < 4.78 is 4.83. The van der Waals surface area contributed by atoms with Crippen molar-refractivity contribution in [1.82, 2.24) is 0 Å². The van der Waals surface area contributed by atoms with Crippen molar-refractivity contribution in [2.24, 2.45) is 0 Å². The Morgan fingerprint density at radius 3 is 2.48 bits per heavy atom. The van der Waals surface area contributed by atoms with Gasteiger partial charge in [-0.25, -0.2) is 4.79 Å². The molecule has 0 radical (unpaired) electrons. The average molecular weight is 311 g/mol. The third kappa shape index (κ3) is 4.51. The third-order valence-corrected chi connectivity index (χ3v) is 3.37. The van der Waals surface area contributed by atoms with Crippen LogP contribution in [0.2, 0.25) is 0 Å². The van der Waals surface area contributed by atoms with Crippen molar-refractivity contribution in [3.63, 3.8) is 0 Å². The van der Waals surface area contributed by atoms with E-state index in [1.165, 1.54) is 19.2 Å². The second-order valence-corrected chi connectivity index (χ2v) is 5.18. The predicted molar refractivity (Wildman–Crippen MR) is 88.0 cm³/mol. The van der Waals surface area contributed by atoms with Crippen LogP contribution in [0, 0.1) is 17.0 Å². The number of carbonyl (C=O) groups is 1. The zero-order valence-corrected chi connectivity index (χ0v) is 13.0. The van der Waals surface area contributed by atoms with Crippen molar-refractivity contribution in [1.29, 1.82) is 0 Å². The van der Waals surface area contributed by atoms with Gasteiger partial charge < -0.3 is 4.74 Å². The van der Waals surface area contributed by atoms with E-state index >= 15 is 0 Å². The van der Waals surface area contributed by atoms with Crippen LogP contribution in [0.1, 0.15) is 16.7 Å². The van der Waals surface area contributed by atoms with Crippen LogP contribution in [0.5, 0.6) is 0 Å². The van der Waals surface area contributed by atoms with E-state index in [9.17, 15) is 14.9 Å². The Balaban J connectivity index is 2.30. The Labute approximate surface area is 134 Å². The lowest BCUT2D eigenvalue weighted by molar-refractivity contribution is -0.384. The molecule has 0 aliphatic carbocycles. The molecule has 118 valence electrons. The molecule has 0 amide bonds. The zero-order valence-electron chi connectivity index (χ0n) is 13.0. The van der Waals surface area contributed by atoms with Gasteiger partial charge in [0.05, 0.1) is 12.0 Å². The smallest absolute Gasteiger partial charge is 0.334 e. The van der Waals surface area contributed by atoms with E-state index < -0.39 is 10.9 Å². The Morgan fingerprint density at radius 2 is 1.91 bits per heavy atom. The molecule has 0 aromatic heterocycles. The zero-order chi connectivity index (χ0) is 16.8. The minimum atomic E-state index is -0.457. The Morgan fingerprint density at radius 1 is 1.22 bits per heavy atom. The van der Waals surface area contributed by atoms with Gasteiger partial charge in [-0.3, -0.25) is 10.1 Å². The number of methoxy groups -OCH3 is 1. The van der Waals surface area contributed by atoms with Gasteiger partial charge in [0.15, 0.2) is 0 Å². The van der Waals surface area contributed by atoms with E-state index in [1.807, 2.05) is 31.2 Å². The first-order valence-corrected chi connectivity index (χ1v) is 7.08. The van der Waals surface area contributed by atoms with Crippen molar-refractivity contribution in [3.8, 4) is 0 Å². The van der Waals surface area contributed by atoms with Crippen LogP contribution in [0.4, 0.5) is 5.69 Å². The fourth-order valence-corrected chi connectivity index (χ4v) is 2.25. The molecule has 0 saturated carbocycles. The molecule has 0 heterocycles. The van der Waals surface area contributed by atoms with Gasteiger partial charge >= 0.3 is 5.97 Å². The molecule has 5 heteroatoms. The summed E-state index contributed by atoms with van der Waals surface area (Å²) in [5.41, 5.74) is 3.33. The molecule has 0 unspecified atom stereocenters. The summed E-state index contributed by atoms with van der Waals surface area (Å²) in [7, 11) is 1.34. The number of benzene rings is 2. The minimum absolute atomic E-state index is 0.0143. The fourth-order valence-electron chi connectivity index (χ4n) is 2.25. The molecule has 0 bridgehead atoms. The average Bonchev–Trinajstić information content (AvgIpc) is 2.54. The summed E-state index contributed by atoms with van der Waals surface area (Å²) in [5.74, 6) is -0.412. The van der Waals surface area contributed by atoms with Gasteiger partial charge in [0.1, 0.15) is 0 Å². The first-order chi connectivity index (χ1) is 11.0. The van der Waals surface area contributed by atoms with Gasteiger partial charge in [0.25, 0.3) is 5.69 Å². The summed E-state index contributed by atoms with van der Waals surface area (Å²) in [6.07, 6.45) is 2.13. The fraction of sp³-hybridized carbons (Fsp3) is 0.167. The number of aryl methyl sites for hydroxylation is 1. The van der Waals surface area contributed by atoms with Crippen molar-refractivity contribution in [3.05, 3.63) is 80.9 Å². The molecule has 0 spiro atoms. The quantitative estimate of drug-likeness (QED) is 0.365. The molecular weight excluding hydrogens is 294 g/mol. The van der Waals surface area contributed by atoms with Crippen LogP contribution in [-0.4, -0.2) is 18.0 Å². The van der Waals surface area contributed by atoms with E-state index in [-0.39, 0.29) is 5.69 Å². The molecule has 23 heavy (non-hydrogen) atoms. The van der Waals surface area contributed by atoms with E-state index in [4.69, 9.17) is 4.74 Å². The SMILES string of the molecule is COC(=O)/C(=C/c1ccc([N+](=O)[O-])cc1)Cc1cccc(C)c1. The van der Waals surface area contributed by atoms with Crippen molar-refractivity contribution in [2.75, 3.05) is 7.11 Å². The van der Waals surface area contributed by atoms with Crippen molar-refractivity contribution in [2.45, 2.75) is 13.3 Å². The first-order valence-electron chi connectivity index (χ1n) is 7.08. The molecule has 0 fully saturated rings. The predicted octanol–water partition coefficient (Wildman–Crippen LogP) is 3.70. The van der Waals surface area contributed by atoms with Crippen LogP contribution >= 0.6 is 0 Å². The number of nitro benzene ring substituents is 1. The molecular formula is C18H17NO4. The van der Waals surface area contributed by atoms with Gasteiger partial charge in [-0.1, -0.05) is 29.8 Å². The highest BCUT2D eigenvalue weighted by atomic mass is 16.6. The molecule has 0 aliphatic rings. The molecule has 2 rings (SSSR count). The highest BCUT2D eigenvalue weighted by Gasteiger charge is 2.11. The highest BCUT2D eigenvalue weighted by Crippen LogP contribution is 2.18. The van der Waals surface area contributed by atoms with E-state index in [2.05, 4.69) is 0 Å². The molecule has 0 atom stereocenters. The lowest BCUT2D eigenvalue weighted by Gasteiger charge is -2.07. The molecule has 5 nitrogen and oxygen atoms in total. The number of rotatable bonds is 5. The largest absolute Gasteiger partial charge is 0.466 e. The highest BCUT2D eigenvalue weighted by molar-refractivity contribution is 5.94. The summed E-state index contributed by atoms with van der Waals surface area (Å²) in [4.78, 5) is 22.2. The molecule has 0 N–H and O–H groups in total. The monoisotopic (exact) mass is 311 g/mol. The molecule has 2 aromatic carbocycles. The molecule has 2 aromatic rings. The minimum Gasteiger partial charge on any atom is -0.466 e. The molecule has 0 aliphatic heterocycles. The van der Waals surface area contributed by atoms with Crippen LogP contribution in [0.3, 0.4) is 0 Å². The maximum Gasteiger partial charge on any atom is 0.334 e. The maximum absolute atomic E-state index is 12.0. The lowest BCUT2D eigenvalue weighted by Crippen LogP contribution is -2.07. The normalized spacial score (nSPS) is 11.1. The van der Waals surface area contributed by atoms with E-state index in [1.54, 1.807) is 18.2 Å². The summed E-state index contributed by atoms with van der Waals surface area (Å²) >= 11 is 0. The Hall–Kier alpha value is -2.95. The maximum atomic E-state index is 12.0. The summed E-state index contributed by atoms with van der Waals surface area (Å²) in [6.45, 7) is 1.99. The van der Waals surface area contributed by atoms with Crippen LogP contribution < -0.4 is 0 Å². The summed E-state index contributed by atoms with van der Waals surface area (Å²) in [6, 6.07) is 13.9. The topological polar surface area (TPSA) is 69.4 Å². The van der Waals surface area contributed by atoms with Crippen molar-refractivity contribution >= 4 is 17.7 Å². The Bertz CT molecular complexity index is 748. The van der Waals surface area contributed by atoms with Crippen LogP contribution in [0.25, 0.3) is 6.08 Å². The number of nitrogens with zero attached hydrogens (tertiary/aromatic N) is 1. The van der Waals surface area contributed by atoms with E-state index in [0.717, 1.165) is 11.1 Å². The van der Waals surface area contributed by atoms with Gasteiger partial charge in [-0.2, -0.15) is 0 Å². The van der Waals surface area contributed by atoms with Gasteiger partial charge in [-0.15, -0.1) is 0 Å². The third-order valence-electron chi connectivity index (χ3n) is 3.37. The second-order valence-electron chi connectivity index (χ2n) is 5.18. The number of hydrogen-bond donors (Lipinski definition) is 0. The standard InChI is InChI=1S/C18H17NO4/c1-13-4-3-5-15(10-13)12-16(18(20)23-2)11-14-6-8-17(9-7-14)19(21)22/h3-11H,12H2,1-2H3/b16-11+. The van der Waals surface area contributed by atoms with E-state index in [0.29, 0.717) is 17.6 Å². The van der Waals surface area contributed by atoms with Crippen molar-refractivity contribution < 1.29 is 14.5 Å². The Kier molecular flexibility index (Phi) is 5.25. The van der Waals surface area contributed by atoms with Gasteiger partial charge in [0, 0.05) is 24.1 Å². The second kappa shape index (κ2) is 7.35. The number of non-ortho nitro benzene ring substituents is 1. The number of ether oxygens (including phenoxy) is 1. The van der Waals surface area contributed by atoms with Crippen LogP contribution in [0.15, 0.2) is 54.1 Å². The first kappa shape index (κ1) is 16.4. The number of carbonyl (C=O) groups excluding carboxylic acids is 1. The molecule has 0 saturated heterocycles. The van der Waals surface area contributed by atoms with Gasteiger partial charge in [-0.05, 0) is 36.3 Å². The lowest BCUT2D eigenvalue weighted by atomic mass is 10.0. The number of esters is 1. The number of hydrogen-bond acceptors (Lipinski definition) is 4. The summed E-state index contributed by atoms with van der Waals surface area (Å²) in [5, 5.41) is 10.7. The van der Waals surface area contributed by atoms with Crippen LogP contribution in [-0.2, 0) is 16.0 Å².